The summed E-state index contributed by atoms with van der Waals surface area (Å²) >= 11 is 0. The fourth-order valence-corrected chi connectivity index (χ4v) is 5.05. The number of phenols is 1. The van der Waals surface area contributed by atoms with Gasteiger partial charge in [0.1, 0.15) is 17.1 Å². The van der Waals surface area contributed by atoms with E-state index < -0.39 is 0 Å². The predicted molar refractivity (Wildman–Crippen MR) is 141 cm³/mol. The van der Waals surface area contributed by atoms with Crippen molar-refractivity contribution in [2.24, 2.45) is 0 Å². The summed E-state index contributed by atoms with van der Waals surface area (Å²) in [7, 11) is 1.63. The summed E-state index contributed by atoms with van der Waals surface area (Å²) in [6.45, 7) is 9.44. The molecular formula is C29H37N3O4. The number of rotatable bonds is 11. The van der Waals surface area contributed by atoms with E-state index in [1.165, 1.54) is 0 Å². The van der Waals surface area contributed by atoms with E-state index in [9.17, 15) is 9.90 Å². The Morgan fingerprint density at radius 3 is 2.53 bits per heavy atom. The van der Waals surface area contributed by atoms with E-state index in [1.54, 1.807) is 13.2 Å². The van der Waals surface area contributed by atoms with E-state index in [1.807, 2.05) is 43.0 Å². The van der Waals surface area contributed by atoms with Crippen molar-refractivity contribution in [3.63, 3.8) is 0 Å². The molecule has 4 rings (SSSR count). The maximum absolute atomic E-state index is 13.5. The molecule has 0 fully saturated rings. The van der Waals surface area contributed by atoms with Gasteiger partial charge in [-0.2, -0.15) is 5.10 Å². The van der Waals surface area contributed by atoms with Crippen LogP contribution in [0, 0.1) is 13.8 Å². The van der Waals surface area contributed by atoms with Crippen LogP contribution in [-0.2, 0) is 0 Å². The molecule has 1 atom stereocenters. The zero-order valence-corrected chi connectivity index (χ0v) is 22.0. The van der Waals surface area contributed by atoms with Crippen molar-refractivity contribution in [1.29, 1.82) is 0 Å². The van der Waals surface area contributed by atoms with Gasteiger partial charge in [0.2, 0.25) is 0 Å². The molecule has 0 saturated carbocycles. The minimum Gasteiger partial charge on any atom is -0.507 e. The Balaban J connectivity index is 1.80. The Morgan fingerprint density at radius 1 is 1.06 bits per heavy atom. The first-order valence-corrected chi connectivity index (χ1v) is 12.9. The minimum absolute atomic E-state index is 0.0784. The van der Waals surface area contributed by atoms with Crippen LogP contribution < -0.4 is 9.47 Å². The van der Waals surface area contributed by atoms with Crippen LogP contribution in [0.15, 0.2) is 30.3 Å². The molecule has 0 aliphatic carbocycles. The molecule has 2 heterocycles. The number of carbonyl (C=O) groups is 1. The minimum atomic E-state index is -0.351. The van der Waals surface area contributed by atoms with Crippen LogP contribution in [0.25, 0.3) is 11.3 Å². The number of hydrogen-bond acceptors (Lipinski definition) is 5. The molecule has 2 N–H and O–H groups in total. The van der Waals surface area contributed by atoms with Gasteiger partial charge in [-0.15, -0.1) is 0 Å². The summed E-state index contributed by atoms with van der Waals surface area (Å²) in [6, 6.07) is 9.29. The second kappa shape index (κ2) is 11.1. The van der Waals surface area contributed by atoms with Crippen molar-refractivity contribution < 1.29 is 19.4 Å². The Hall–Kier alpha value is -3.48. The maximum Gasteiger partial charge on any atom is 0.273 e. The first-order valence-electron chi connectivity index (χ1n) is 12.9. The van der Waals surface area contributed by atoms with Crippen molar-refractivity contribution in [2.75, 3.05) is 20.3 Å². The van der Waals surface area contributed by atoms with Crippen LogP contribution in [0.4, 0.5) is 0 Å². The molecule has 7 heteroatoms. The highest BCUT2D eigenvalue weighted by atomic mass is 16.5. The van der Waals surface area contributed by atoms with Gasteiger partial charge in [0.15, 0.2) is 11.5 Å². The van der Waals surface area contributed by atoms with Gasteiger partial charge in [-0.3, -0.25) is 9.89 Å². The molecule has 0 spiro atoms. The highest BCUT2D eigenvalue weighted by Gasteiger charge is 2.42. The van der Waals surface area contributed by atoms with Gasteiger partial charge in [0.25, 0.3) is 5.91 Å². The SMILES string of the molecule is CCCCCOc1ccc(C2c3c(-c4c(C)cc(C)cc4O)n[nH]c3C(=O)N2CCCC)cc1OC. The normalized spacial score (nSPS) is 14.9. The third-order valence-corrected chi connectivity index (χ3v) is 6.82. The van der Waals surface area contributed by atoms with E-state index in [2.05, 4.69) is 24.0 Å². The van der Waals surface area contributed by atoms with Crippen LogP contribution in [0.5, 0.6) is 17.2 Å². The number of hydrogen-bond donors (Lipinski definition) is 2. The van der Waals surface area contributed by atoms with Gasteiger partial charge < -0.3 is 19.5 Å². The number of amides is 1. The highest BCUT2D eigenvalue weighted by Crippen LogP contribution is 2.46. The molecule has 1 aliphatic heterocycles. The number of aromatic hydroxyl groups is 1. The lowest BCUT2D eigenvalue weighted by atomic mass is 9.93. The van der Waals surface area contributed by atoms with Crippen LogP contribution >= 0.6 is 0 Å². The fraction of sp³-hybridized carbons (Fsp3) is 0.448. The van der Waals surface area contributed by atoms with Gasteiger partial charge in [-0.25, -0.2) is 0 Å². The van der Waals surface area contributed by atoms with Gasteiger partial charge in [0, 0.05) is 17.7 Å². The number of aromatic amines is 1. The number of aromatic nitrogens is 2. The summed E-state index contributed by atoms with van der Waals surface area (Å²) in [5, 5.41) is 18.4. The summed E-state index contributed by atoms with van der Waals surface area (Å²) in [5.74, 6) is 1.42. The van der Waals surface area contributed by atoms with E-state index in [0.29, 0.717) is 41.6 Å². The zero-order valence-electron chi connectivity index (χ0n) is 22.0. The Morgan fingerprint density at radius 2 is 1.83 bits per heavy atom. The zero-order chi connectivity index (χ0) is 25.8. The molecule has 0 radical (unpaired) electrons. The van der Waals surface area contributed by atoms with E-state index in [0.717, 1.165) is 54.4 Å². The van der Waals surface area contributed by atoms with Crippen LogP contribution in [-0.4, -0.2) is 46.4 Å². The topological polar surface area (TPSA) is 87.7 Å². The molecule has 0 bridgehead atoms. The summed E-state index contributed by atoms with van der Waals surface area (Å²) < 4.78 is 11.7. The van der Waals surface area contributed by atoms with Crippen molar-refractivity contribution >= 4 is 5.91 Å². The Bertz CT molecular complexity index is 1210. The number of nitrogens with zero attached hydrogens (tertiary/aromatic N) is 2. The quantitative estimate of drug-likeness (QED) is 0.306. The molecule has 1 unspecified atom stereocenters. The summed E-state index contributed by atoms with van der Waals surface area (Å²) in [4.78, 5) is 15.4. The second-order valence-corrected chi connectivity index (χ2v) is 9.56. The Labute approximate surface area is 213 Å². The molecule has 192 valence electrons. The molecular weight excluding hydrogens is 454 g/mol. The number of nitrogens with one attached hydrogen (secondary N) is 1. The van der Waals surface area contributed by atoms with E-state index >= 15 is 0 Å². The fourth-order valence-electron chi connectivity index (χ4n) is 5.05. The largest absolute Gasteiger partial charge is 0.507 e. The smallest absolute Gasteiger partial charge is 0.273 e. The average molecular weight is 492 g/mol. The third kappa shape index (κ3) is 4.79. The number of aryl methyl sites for hydroxylation is 2. The number of H-pyrrole nitrogens is 1. The number of fused-ring (bicyclic) bond motifs is 1. The Kier molecular flexibility index (Phi) is 7.87. The number of benzene rings is 2. The molecule has 36 heavy (non-hydrogen) atoms. The lowest BCUT2D eigenvalue weighted by molar-refractivity contribution is 0.0741. The molecule has 1 aromatic heterocycles. The second-order valence-electron chi connectivity index (χ2n) is 9.56. The predicted octanol–water partition coefficient (Wildman–Crippen LogP) is 6.32. The van der Waals surface area contributed by atoms with Crippen LogP contribution in [0.3, 0.4) is 0 Å². The van der Waals surface area contributed by atoms with Gasteiger partial charge in [0.05, 0.1) is 19.8 Å². The molecule has 1 aliphatic rings. The summed E-state index contributed by atoms with van der Waals surface area (Å²) in [5.41, 5.74) is 5.32. The number of ether oxygens (including phenoxy) is 2. The maximum atomic E-state index is 13.5. The molecule has 3 aromatic rings. The summed E-state index contributed by atoms with van der Waals surface area (Å²) in [6.07, 6.45) is 5.11. The van der Waals surface area contributed by atoms with Gasteiger partial charge in [-0.1, -0.05) is 45.2 Å². The van der Waals surface area contributed by atoms with Gasteiger partial charge in [-0.05, 0) is 61.6 Å². The lowest BCUT2D eigenvalue weighted by Crippen LogP contribution is -2.30. The van der Waals surface area contributed by atoms with Crippen LogP contribution in [0.1, 0.15) is 84.7 Å². The standard InChI is InChI=1S/C29H37N3O4/c1-6-8-10-14-36-22-12-11-20(17-23(22)35-5)28-25-26(24-19(4)15-18(3)16-21(24)33)30-31-27(25)29(34)32(28)13-9-7-2/h11-12,15-17,28,33H,6-10,13-14H2,1-5H3,(H,30,31). The first-order chi connectivity index (χ1) is 17.4. The van der Waals surface area contributed by atoms with E-state index in [-0.39, 0.29) is 17.7 Å². The molecule has 1 amide bonds. The third-order valence-electron chi connectivity index (χ3n) is 6.82. The van der Waals surface area contributed by atoms with Crippen LogP contribution in [0.2, 0.25) is 0 Å². The first kappa shape index (κ1) is 25.6. The molecule has 7 nitrogen and oxygen atoms in total. The van der Waals surface area contributed by atoms with Crippen molar-refractivity contribution in [3.05, 3.63) is 58.3 Å². The highest BCUT2D eigenvalue weighted by molar-refractivity contribution is 6.00. The molecule has 0 saturated heterocycles. The van der Waals surface area contributed by atoms with Crippen molar-refractivity contribution in [2.45, 2.75) is 65.8 Å². The molecule has 2 aromatic carbocycles. The average Bonchev–Trinajstić information content (AvgIpc) is 3.38. The number of methoxy groups -OCH3 is 1. The lowest BCUT2D eigenvalue weighted by Gasteiger charge is -2.27. The number of carbonyl (C=O) groups excluding carboxylic acids is 1. The van der Waals surface area contributed by atoms with E-state index in [4.69, 9.17) is 9.47 Å². The van der Waals surface area contributed by atoms with Crippen molar-refractivity contribution in [3.8, 4) is 28.5 Å². The van der Waals surface area contributed by atoms with Crippen molar-refractivity contribution in [1.82, 2.24) is 15.1 Å². The number of unbranched alkanes of at least 4 members (excludes halogenated alkanes) is 3. The number of phenolic OH excluding ortho intramolecular Hbond substituents is 1. The monoisotopic (exact) mass is 491 g/mol. The van der Waals surface area contributed by atoms with Gasteiger partial charge >= 0.3 is 0 Å².